The van der Waals surface area contributed by atoms with Crippen LogP contribution < -0.4 is 5.73 Å². The molecule has 1 heterocycles. The van der Waals surface area contributed by atoms with Gasteiger partial charge in [0.1, 0.15) is 0 Å². The zero-order valence-electron chi connectivity index (χ0n) is 10.7. The summed E-state index contributed by atoms with van der Waals surface area (Å²) in [6.07, 6.45) is 4.60. The third kappa shape index (κ3) is 2.84. The predicted molar refractivity (Wildman–Crippen MR) is 69.6 cm³/mol. The highest BCUT2D eigenvalue weighted by atomic mass is 32.2. The molecule has 0 radical (unpaired) electrons. The molecule has 96 valence electrons. The maximum atomic E-state index is 11.7. The van der Waals surface area contributed by atoms with E-state index >= 15 is 0 Å². The zero-order valence-corrected chi connectivity index (χ0v) is 11.5. The Morgan fingerprint density at radius 2 is 1.76 bits per heavy atom. The van der Waals surface area contributed by atoms with Crippen molar-refractivity contribution in [2.75, 3.05) is 6.26 Å². The number of nitrogens with zero attached hydrogens (tertiary/aromatic N) is 1. The molecule has 0 spiro atoms. The highest BCUT2D eigenvalue weighted by Gasteiger charge is 2.39. The number of nitrogens with two attached hydrogens (primary N) is 1. The van der Waals surface area contributed by atoms with E-state index in [1.54, 1.807) is 26.2 Å². The van der Waals surface area contributed by atoms with Gasteiger partial charge in [-0.2, -0.15) is 0 Å². The highest BCUT2D eigenvalue weighted by molar-refractivity contribution is 7.92. The minimum absolute atomic E-state index is 0.0391. The molecule has 1 aromatic heterocycles. The van der Waals surface area contributed by atoms with E-state index in [1.165, 1.54) is 6.26 Å². The molecule has 0 aromatic carbocycles. The number of hydrogen-bond acceptors (Lipinski definition) is 4. The Bertz CT molecular complexity index is 469. The van der Waals surface area contributed by atoms with E-state index in [0.717, 1.165) is 5.56 Å². The lowest BCUT2D eigenvalue weighted by atomic mass is 9.87. The number of rotatable bonds is 4. The van der Waals surface area contributed by atoms with Crippen LogP contribution in [0, 0.1) is 0 Å². The molecule has 0 saturated carbocycles. The van der Waals surface area contributed by atoms with Gasteiger partial charge in [0, 0.05) is 24.7 Å². The fourth-order valence-electron chi connectivity index (χ4n) is 1.72. The summed E-state index contributed by atoms with van der Waals surface area (Å²) >= 11 is 0. The van der Waals surface area contributed by atoms with Crippen LogP contribution in [0.15, 0.2) is 24.5 Å². The van der Waals surface area contributed by atoms with Crippen molar-refractivity contribution in [3.05, 3.63) is 30.1 Å². The van der Waals surface area contributed by atoms with E-state index in [0.29, 0.717) is 0 Å². The first-order chi connectivity index (χ1) is 7.68. The van der Waals surface area contributed by atoms with Crippen LogP contribution in [-0.2, 0) is 9.84 Å². The Morgan fingerprint density at radius 1 is 1.29 bits per heavy atom. The van der Waals surface area contributed by atoms with Crippen molar-refractivity contribution in [2.24, 2.45) is 5.73 Å². The smallest absolute Gasteiger partial charge is 0.154 e. The van der Waals surface area contributed by atoms with Crippen molar-refractivity contribution < 1.29 is 8.42 Å². The second-order valence-corrected chi connectivity index (χ2v) is 7.57. The second-order valence-electron chi connectivity index (χ2n) is 4.97. The van der Waals surface area contributed by atoms with Gasteiger partial charge in [0.05, 0.1) is 4.75 Å². The van der Waals surface area contributed by atoms with E-state index in [1.807, 2.05) is 19.1 Å². The molecule has 0 fully saturated rings. The summed E-state index contributed by atoms with van der Waals surface area (Å²) in [6.45, 7) is 5.28. The van der Waals surface area contributed by atoms with E-state index < -0.39 is 20.6 Å². The third-order valence-corrected chi connectivity index (χ3v) is 5.71. The number of pyridine rings is 1. The normalized spacial score (nSPS) is 16.5. The van der Waals surface area contributed by atoms with Crippen LogP contribution in [0.1, 0.15) is 32.3 Å². The molecule has 0 bridgehead atoms. The Labute approximate surface area is 103 Å². The van der Waals surface area contributed by atoms with Gasteiger partial charge in [-0.05, 0) is 37.5 Å². The van der Waals surface area contributed by atoms with Crippen molar-refractivity contribution >= 4 is 9.84 Å². The minimum atomic E-state index is -3.20. The maximum absolute atomic E-state index is 11.7. The molecule has 2 atom stereocenters. The van der Waals surface area contributed by atoms with Crippen LogP contribution in [0.2, 0.25) is 0 Å². The molecule has 17 heavy (non-hydrogen) atoms. The highest BCUT2D eigenvalue weighted by Crippen LogP contribution is 2.29. The summed E-state index contributed by atoms with van der Waals surface area (Å²) in [5.74, 6) is -0.0391. The van der Waals surface area contributed by atoms with Crippen LogP contribution in [0.4, 0.5) is 0 Å². The molecule has 5 heteroatoms. The lowest BCUT2D eigenvalue weighted by Crippen LogP contribution is -2.51. The fourth-order valence-corrected chi connectivity index (χ4v) is 2.42. The number of aromatic nitrogens is 1. The van der Waals surface area contributed by atoms with Crippen molar-refractivity contribution in [3.63, 3.8) is 0 Å². The van der Waals surface area contributed by atoms with Gasteiger partial charge in [0.2, 0.25) is 0 Å². The first-order valence-corrected chi connectivity index (χ1v) is 7.42. The molecule has 0 aliphatic rings. The first kappa shape index (κ1) is 14.1. The quantitative estimate of drug-likeness (QED) is 0.882. The topological polar surface area (TPSA) is 73.0 Å². The molecule has 0 aliphatic heterocycles. The van der Waals surface area contributed by atoms with Crippen LogP contribution >= 0.6 is 0 Å². The average Bonchev–Trinajstić information content (AvgIpc) is 2.26. The Balaban J connectivity index is 3.03. The summed E-state index contributed by atoms with van der Waals surface area (Å²) in [4.78, 5) is 3.94. The van der Waals surface area contributed by atoms with Gasteiger partial charge in [-0.1, -0.05) is 6.92 Å². The van der Waals surface area contributed by atoms with E-state index in [-0.39, 0.29) is 5.92 Å². The van der Waals surface area contributed by atoms with E-state index in [9.17, 15) is 8.42 Å². The van der Waals surface area contributed by atoms with Gasteiger partial charge >= 0.3 is 0 Å². The van der Waals surface area contributed by atoms with Gasteiger partial charge < -0.3 is 5.73 Å². The van der Waals surface area contributed by atoms with Gasteiger partial charge in [-0.25, -0.2) is 8.42 Å². The van der Waals surface area contributed by atoms with Crippen LogP contribution in [-0.4, -0.2) is 30.4 Å². The van der Waals surface area contributed by atoms with Gasteiger partial charge in [0.15, 0.2) is 9.84 Å². The monoisotopic (exact) mass is 256 g/mol. The summed E-state index contributed by atoms with van der Waals surface area (Å²) in [6, 6.07) is 3.27. The van der Waals surface area contributed by atoms with Crippen molar-refractivity contribution in [1.82, 2.24) is 4.98 Å². The average molecular weight is 256 g/mol. The first-order valence-electron chi connectivity index (χ1n) is 5.53. The molecular formula is C12H20N2O2S. The summed E-state index contributed by atoms with van der Waals surface area (Å²) in [5.41, 5.74) is 7.12. The minimum Gasteiger partial charge on any atom is -0.326 e. The molecule has 1 rings (SSSR count). The Hall–Kier alpha value is -0.940. The van der Waals surface area contributed by atoms with Crippen molar-refractivity contribution in [1.29, 1.82) is 0 Å². The molecule has 4 nitrogen and oxygen atoms in total. The maximum Gasteiger partial charge on any atom is 0.154 e. The van der Waals surface area contributed by atoms with Crippen molar-refractivity contribution in [3.8, 4) is 0 Å². The van der Waals surface area contributed by atoms with Crippen LogP contribution in [0.25, 0.3) is 0 Å². The molecule has 0 saturated heterocycles. The molecular weight excluding hydrogens is 236 g/mol. The molecule has 0 aliphatic carbocycles. The fraction of sp³-hybridized carbons (Fsp3) is 0.583. The van der Waals surface area contributed by atoms with Crippen LogP contribution in [0.3, 0.4) is 0 Å². The van der Waals surface area contributed by atoms with E-state index in [4.69, 9.17) is 5.73 Å². The zero-order chi connectivity index (χ0) is 13.3. The largest absolute Gasteiger partial charge is 0.326 e. The van der Waals surface area contributed by atoms with Crippen molar-refractivity contribution in [2.45, 2.75) is 37.5 Å². The summed E-state index contributed by atoms with van der Waals surface area (Å²) in [5, 5.41) is 0. The summed E-state index contributed by atoms with van der Waals surface area (Å²) < 4.78 is 22.5. The Kier molecular flexibility index (Phi) is 3.94. The molecule has 0 amide bonds. The number of sulfone groups is 1. The van der Waals surface area contributed by atoms with Gasteiger partial charge in [-0.3, -0.25) is 4.98 Å². The predicted octanol–water partition coefficient (Wildman–Crippen LogP) is 1.34. The lowest BCUT2D eigenvalue weighted by molar-refractivity contribution is 0.439. The molecule has 1 aromatic rings. The van der Waals surface area contributed by atoms with Gasteiger partial charge in [0.25, 0.3) is 0 Å². The lowest BCUT2D eigenvalue weighted by Gasteiger charge is -2.34. The van der Waals surface area contributed by atoms with Gasteiger partial charge in [-0.15, -0.1) is 0 Å². The standard InChI is InChI=1S/C12H20N2O2S/c1-9(10-5-7-14-8-6-10)11(13)12(2,3)17(4,15)16/h5-9,11H,13H2,1-4H3. The molecule has 2 N–H and O–H groups in total. The SMILES string of the molecule is CC(c1ccncc1)C(N)C(C)(C)S(C)(=O)=O. The summed E-state index contributed by atoms with van der Waals surface area (Å²) in [7, 11) is -3.20. The Morgan fingerprint density at radius 3 is 2.18 bits per heavy atom. The third-order valence-electron chi connectivity index (χ3n) is 3.53. The van der Waals surface area contributed by atoms with E-state index in [2.05, 4.69) is 4.98 Å². The molecule has 2 unspecified atom stereocenters. The second kappa shape index (κ2) is 4.74. The van der Waals surface area contributed by atoms with Crippen LogP contribution in [0.5, 0.6) is 0 Å². The number of hydrogen-bond donors (Lipinski definition) is 1.